The molecule has 0 N–H and O–H groups in total. The van der Waals surface area contributed by atoms with Crippen LogP contribution in [0.5, 0.6) is 5.88 Å². The zero-order valence-corrected chi connectivity index (χ0v) is 20.3. The lowest BCUT2D eigenvalue weighted by molar-refractivity contribution is -0.137. The SMILES string of the molecule is Cc1cccc(=O)n1Cc1cccc(-c2noc(-c3cnn(C)c3COc3ccc(C(F)(F)F)cn3)n2)c1. The smallest absolute Gasteiger partial charge is 0.417 e. The minimum atomic E-state index is -4.48. The Morgan fingerprint density at radius 2 is 1.87 bits per heavy atom. The van der Waals surface area contributed by atoms with Crippen LogP contribution in [0.3, 0.4) is 0 Å². The number of aromatic nitrogens is 6. The third-order valence-corrected chi connectivity index (χ3v) is 5.93. The Morgan fingerprint density at radius 3 is 2.61 bits per heavy atom. The highest BCUT2D eigenvalue weighted by Gasteiger charge is 2.30. The molecule has 0 aliphatic heterocycles. The molecule has 38 heavy (non-hydrogen) atoms. The van der Waals surface area contributed by atoms with Gasteiger partial charge in [0.1, 0.15) is 6.61 Å². The second kappa shape index (κ2) is 9.96. The van der Waals surface area contributed by atoms with Gasteiger partial charge in [0.25, 0.3) is 11.4 Å². The van der Waals surface area contributed by atoms with E-state index in [4.69, 9.17) is 9.26 Å². The third kappa shape index (κ3) is 5.19. The van der Waals surface area contributed by atoms with Gasteiger partial charge in [-0.05, 0) is 30.7 Å². The van der Waals surface area contributed by atoms with Gasteiger partial charge in [0.2, 0.25) is 11.7 Å². The normalized spacial score (nSPS) is 11.6. The summed E-state index contributed by atoms with van der Waals surface area (Å²) in [5.74, 6) is 0.577. The lowest BCUT2D eigenvalue weighted by Gasteiger charge is -2.10. The van der Waals surface area contributed by atoms with Gasteiger partial charge in [-0.2, -0.15) is 23.3 Å². The van der Waals surface area contributed by atoms with Crippen molar-refractivity contribution in [2.24, 2.45) is 7.05 Å². The molecule has 0 radical (unpaired) electrons. The van der Waals surface area contributed by atoms with Crippen molar-refractivity contribution in [3.8, 4) is 28.7 Å². The molecular weight excluding hydrogens is 501 g/mol. The van der Waals surface area contributed by atoms with Crippen LogP contribution in [0.15, 0.2) is 76.3 Å². The average molecular weight is 522 g/mol. The van der Waals surface area contributed by atoms with Gasteiger partial charge in [0.15, 0.2) is 0 Å². The number of aryl methyl sites for hydroxylation is 2. The van der Waals surface area contributed by atoms with Gasteiger partial charge in [-0.15, -0.1) is 0 Å². The molecule has 4 heterocycles. The first-order chi connectivity index (χ1) is 18.2. The first-order valence-electron chi connectivity index (χ1n) is 11.5. The van der Waals surface area contributed by atoms with Crippen molar-refractivity contribution in [1.82, 2.24) is 29.5 Å². The van der Waals surface area contributed by atoms with E-state index in [1.807, 2.05) is 37.3 Å². The Balaban J connectivity index is 1.35. The highest BCUT2D eigenvalue weighted by atomic mass is 19.4. The first kappa shape index (κ1) is 24.9. The monoisotopic (exact) mass is 522 g/mol. The minimum absolute atomic E-state index is 0.0287. The fraction of sp³-hybridized carbons (Fsp3) is 0.192. The van der Waals surface area contributed by atoms with E-state index in [0.717, 1.165) is 23.4 Å². The van der Waals surface area contributed by atoms with Crippen molar-refractivity contribution >= 4 is 0 Å². The number of benzene rings is 1. The van der Waals surface area contributed by atoms with Crippen molar-refractivity contribution in [2.45, 2.75) is 26.3 Å². The fourth-order valence-electron chi connectivity index (χ4n) is 3.86. The van der Waals surface area contributed by atoms with Crippen LogP contribution in [0.2, 0.25) is 0 Å². The maximum absolute atomic E-state index is 12.8. The summed E-state index contributed by atoms with van der Waals surface area (Å²) < 4.78 is 52.6. The summed E-state index contributed by atoms with van der Waals surface area (Å²) in [5, 5.41) is 8.31. The molecule has 0 aliphatic rings. The lowest BCUT2D eigenvalue weighted by atomic mass is 10.1. The Hall–Kier alpha value is -4.74. The number of nitrogens with zero attached hydrogens (tertiary/aromatic N) is 6. The predicted molar refractivity (Wildman–Crippen MR) is 130 cm³/mol. The summed E-state index contributed by atoms with van der Waals surface area (Å²) in [5.41, 5.74) is 2.58. The van der Waals surface area contributed by atoms with Crippen molar-refractivity contribution < 1.29 is 22.4 Å². The summed E-state index contributed by atoms with van der Waals surface area (Å²) in [6.07, 6.45) is -2.22. The van der Waals surface area contributed by atoms with Gasteiger partial charge in [0, 0.05) is 36.6 Å². The number of hydrogen-bond acceptors (Lipinski definition) is 7. The second-order valence-electron chi connectivity index (χ2n) is 8.52. The number of hydrogen-bond donors (Lipinski definition) is 0. The van der Waals surface area contributed by atoms with Gasteiger partial charge in [-0.3, -0.25) is 9.48 Å². The molecule has 0 aliphatic carbocycles. The summed E-state index contributed by atoms with van der Waals surface area (Å²) in [7, 11) is 1.69. The Labute approximate surface area is 214 Å². The summed E-state index contributed by atoms with van der Waals surface area (Å²) in [6.45, 7) is 2.23. The quantitative estimate of drug-likeness (QED) is 0.307. The molecule has 9 nitrogen and oxygen atoms in total. The van der Waals surface area contributed by atoms with Crippen molar-refractivity contribution in [1.29, 1.82) is 0 Å². The van der Waals surface area contributed by atoms with Crippen LogP contribution in [-0.2, 0) is 26.4 Å². The van der Waals surface area contributed by atoms with Gasteiger partial charge in [-0.1, -0.05) is 29.4 Å². The van der Waals surface area contributed by atoms with E-state index in [2.05, 4.69) is 20.2 Å². The molecular formula is C26H21F3N6O3. The van der Waals surface area contributed by atoms with Gasteiger partial charge in [-0.25, -0.2) is 4.98 Å². The van der Waals surface area contributed by atoms with Crippen LogP contribution < -0.4 is 10.3 Å². The number of alkyl halides is 3. The van der Waals surface area contributed by atoms with Crippen LogP contribution >= 0.6 is 0 Å². The van der Waals surface area contributed by atoms with Gasteiger partial charge < -0.3 is 13.8 Å². The average Bonchev–Trinajstić information content (AvgIpc) is 3.52. The fourth-order valence-corrected chi connectivity index (χ4v) is 3.86. The molecule has 4 aromatic heterocycles. The number of rotatable bonds is 7. The van der Waals surface area contributed by atoms with E-state index < -0.39 is 11.7 Å². The van der Waals surface area contributed by atoms with Crippen LogP contribution in [-0.4, -0.2) is 29.5 Å². The highest BCUT2D eigenvalue weighted by molar-refractivity contribution is 5.61. The molecule has 0 saturated heterocycles. The zero-order valence-electron chi connectivity index (χ0n) is 20.3. The summed E-state index contributed by atoms with van der Waals surface area (Å²) in [6, 6.07) is 14.7. The zero-order chi connectivity index (χ0) is 26.9. The molecule has 5 aromatic rings. The Morgan fingerprint density at radius 1 is 1.05 bits per heavy atom. The molecule has 0 fully saturated rings. The molecule has 5 rings (SSSR count). The molecule has 0 unspecified atom stereocenters. The lowest BCUT2D eigenvalue weighted by Crippen LogP contribution is -2.21. The molecule has 0 bridgehead atoms. The van der Waals surface area contributed by atoms with Crippen LogP contribution in [0, 0.1) is 6.92 Å². The van der Waals surface area contributed by atoms with E-state index in [0.29, 0.717) is 35.4 Å². The maximum atomic E-state index is 12.8. The van der Waals surface area contributed by atoms with Gasteiger partial charge >= 0.3 is 6.18 Å². The Bertz CT molecular complexity index is 1640. The molecule has 0 saturated carbocycles. The molecule has 1 aromatic carbocycles. The highest BCUT2D eigenvalue weighted by Crippen LogP contribution is 2.30. The van der Waals surface area contributed by atoms with Crippen molar-refractivity contribution in [3.63, 3.8) is 0 Å². The Kier molecular flexibility index (Phi) is 6.53. The molecule has 0 atom stereocenters. The molecule has 0 spiro atoms. The van der Waals surface area contributed by atoms with E-state index in [1.165, 1.54) is 12.3 Å². The standard InChI is InChI=1S/C26H21F3N6O3/c1-16-5-3-8-23(36)35(16)14-17-6-4-7-18(11-17)24-32-25(38-33-24)20-13-31-34(2)21(20)15-37-22-10-9-19(12-30-22)26(27,28)29/h3-13H,14-15H2,1-2H3. The largest absolute Gasteiger partial charge is 0.471 e. The van der Waals surface area contributed by atoms with Crippen LogP contribution in [0.4, 0.5) is 13.2 Å². The van der Waals surface area contributed by atoms with E-state index in [9.17, 15) is 18.0 Å². The summed E-state index contributed by atoms with van der Waals surface area (Å²) in [4.78, 5) is 20.5. The predicted octanol–water partition coefficient (Wildman–Crippen LogP) is 4.65. The van der Waals surface area contributed by atoms with Gasteiger partial charge in [0.05, 0.1) is 29.6 Å². The number of pyridine rings is 2. The minimum Gasteiger partial charge on any atom is -0.471 e. The second-order valence-corrected chi connectivity index (χ2v) is 8.52. The van der Waals surface area contributed by atoms with Crippen LogP contribution in [0.25, 0.3) is 22.8 Å². The third-order valence-electron chi connectivity index (χ3n) is 5.93. The van der Waals surface area contributed by atoms with E-state index in [1.54, 1.807) is 22.4 Å². The summed E-state index contributed by atoms with van der Waals surface area (Å²) >= 11 is 0. The van der Waals surface area contributed by atoms with Crippen molar-refractivity contribution in [3.05, 3.63) is 99.9 Å². The van der Waals surface area contributed by atoms with Crippen LogP contribution in [0.1, 0.15) is 22.5 Å². The number of ether oxygens (including phenoxy) is 1. The molecule has 194 valence electrons. The molecule has 0 amide bonds. The maximum Gasteiger partial charge on any atom is 0.417 e. The van der Waals surface area contributed by atoms with Crippen molar-refractivity contribution in [2.75, 3.05) is 0 Å². The number of halogens is 3. The van der Waals surface area contributed by atoms with E-state index >= 15 is 0 Å². The molecule has 12 heteroatoms. The topological polar surface area (TPSA) is 101 Å². The first-order valence-corrected chi connectivity index (χ1v) is 11.5. The van der Waals surface area contributed by atoms with E-state index in [-0.39, 0.29) is 23.9 Å².